The normalized spacial score (nSPS) is 14.0. The van der Waals surface area contributed by atoms with Gasteiger partial charge >= 0.3 is 0 Å². The molecule has 0 heterocycles. The molecule has 3 atom stereocenters. The number of allylic oxidation sites excluding steroid dienone is 12. The SMILES string of the molecule is CC/C=C\C/C=C\C/C=C\C/C=C\C/C=C\C/C=C\CCCCCCCCCCCCCCCCCCCCCCCCC(=O)NC(COP(=O)([O-])OCC[N+](C)(C)C)C(O)CCCCCCCCCCCCCCCCCCCCCCCCCC. The predicted molar refractivity (Wildman–Crippen MR) is 380 cm³/mol. The first-order chi connectivity index (χ1) is 42.5. The number of hydrogen-bond donors (Lipinski definition) is 2. The Balaban J connectivity index is 3.92. The highest BCUT2D eigenvalue weighted by Gasteiger charge is 2.24. The number of phosphoric acid groups is 1. The van der Waals surface area contributed by atoms with Crippen molar-refractivity contribution in [2.45, 2.75) is 379 Å². The van der Waals surface area contributed by atoms with Gasteiger partial charge < -0.3 is 28.8 Å². The van der Waals surface area contributed by atoms with Gasteiger partial charge in [0.05, 0.1) is 39.9 Å². The molecule has 0 bridgehead atoms. The largest absolute Gasteiger partial charge is 0.756 e. The van der Waals surface area contributed by atoms with Gasteiger partial charge in [0.2, 0.25) is 5.91 Å². The van der Waals surface area contributed by atoms with Crippen LogP contribution in [0.3, 0.4) is 0 Å². The summed E-state index contributed by atoms with van der Waals surface area (Å²) in [7, 11) is 1.32. The second kappa shape index (κ2) is 68.3. The second-order valence-corrected chi connectivity index (χ2v) is 28.4. The number of phosphoric ester groups is 1. The predicted octanol–water partition coefficient (Wildman–Crippen LogP) is 23.9. The number of nitrogens with one attached hydrogen (secondary N) is 1. The van der Waals surface area contributed by atoms with Crippen molar-refractivity contribution in [1.82, 2.24) is 5.32 Å². The first-order valence-corrected chi connectivity index (χ1v) is 39.2. The molecule has 0 aromatic heterocycles. The van der Waals surface area contributed by atoms with E-state index in [1.54, 1.807) is 0 Å². The second-order valence-electron chi connectivity index (χ2n) is 27.0. The van der Waals surface area contributed by atoms with Gasteiger partial charge in [0, 0.05) is 6.42 Å². The molecule has 0 rings (SSSR count). The third kappa shape index (κ3) is 71.2. The quantitative estimate of drug-likeness (QED) is 0.0272. The summed E-state index contributed by atoms with van der Waals surface area (Å²) in [4.78, 5) is 25.7. The summed E-state index contributed by atoms with van der Waals surface area (Å²) < 4.78 is 23.6. The molecule has 87 heavy (non-hydrogen) atoms. The van der Waals surface area contributed by atoms with Crippen LogP contribution < -0.4 is 10.2 Å². The average Bonchev–Trinajstić information content (AvgIpc) is 3.71. The van der Waals surface area contributed by atoms with E-state index < -0.39 is 20.0 Å². The molecular weight excluding hydrogens is 1090 g/mol. The van der Waals surface area contributed by atoms with Gasteiger partial charge in [-0.3, -0.25) is 9.36 Å². The van der Waals surface area contributed by atoms with E-state index in [2.05, 4.69) is 92.1 Å². The molecule has 0 fully saturated rings. The molecule has 0 saturated carbocycles. The Labute approximate surface area is 542 Å². The van der Waals surface area contributed by atoms with Crippen LogP contribution >= 0.6 is 7.82 Å². The lowest BCUT2D eigenvalue weighted by molar-refractivity contribution is -0.870. The smallest absolute Gasteiger partial charge is 0.268 e. The minimum absolute atomic E-state index is 0.0133. The molecule has 0 aliphatic heterocycles. The molecule has 8 nitrogen and oxygen atoms in total. The van der Waals surface area contributed by atoms with Crippen molar-refractivity contribution in [1.29, 1.82) is 0 Å². The van der Waals surface area contributed by atoms with Crippen LogP contribution in [0.2, 0.25) is 0 Å². The monoisotopic (exact) mass is 1240 g/mol. The lowest BCUT2D eigenvalue weighted by Gasteiger charge is -2.30. The lowest BCUT2D eigenvalue weighted by atomic mass is 10.0. The van der Waals surface area contributed by atoms with E-state index in [9.17, 15) is 19.4 Å². The Kier molecular flexibility index (Phi) is 66.7. The number of unbranched alkanes of at least 4 members (excludes halogenated alkanes) is 45. The third-order valence-electron chi connectivity index (χ3n) is 17.2. The van der Waals surface area contributed by atoms with E-state index >= 15 is 0 Å². The van der Waals surface area contributed by atoms with Crippen LogP contribution in [0.5, 0.6) is 0 Å². The zero-order valence-corrected chi connectivity index (χ0v) is 59.4. The fourth-order valence-electron chi connectivity index (χ4n) is 11.4. The van der Waals surface area contributed by atoms with Crippen molar-refractivity contribution >= 4 is 13.7 Å². The molecule has 0 aliphatic rings. The highest BCUT2D eigenvalue weighted by atomic mass is 31.2. The Bertz CT molecular complexity index is 1650. The van der Waals surface area contributed by atoms with Crippen LogP contribution in [-0.4, -0.2) is 68.5 Å². The summed E-state index contributed by atoms with van der Waals surface area (Å²) in [5.41, 5.74) is 0. The minimum atomic E-state index is -4.58. The van der Waals surface area contributed by atoms with Crippen LogP contribution in [-0.2, 0) is 18.4 Å². The molecule has 3 unspecified atom stereocenters. The Hall–Kier alpha value is -2.06. The molecule has 9 heteroatoms. The molecule has 0 aromatic carbocycles. The first-order valence-electron chi connectivity index (χ1n) is 37.8. The van der Waals surface area contributed by atoms with Gasteiger partial charge in [0.15, 0.2) is 0 Å². The number of amides is 1. The first kappa shape index (κ1) is 84.9. The van der Waals surface area contributed by atoms with Gasteiger partial charge in [0.25, 0.3) is 7.82 Å². The van der Waals surface area contributed by atoms with Crippen molar-refractivity contribution in [2.75, 3.05) is 40.9 Å². The number of quaternary nitrogens is 1. The van der Waals surface area contributed by atoms with Crippen LogP contribution in [0, 0.1) is 0 Å². The fourth-order valence-corrected chi connectivity index (χ4v) is 12.1. The van der Waals surface area contributed by atoms with Gasteiger partial charge in [0.1, 0.15) is 13.2 Å². The molecule has 2 N–H and O–H groups in total. The molecule has 1 amide bonds. The van der Waals surface area contributed by atoms with Crippen molar-refractivity contribution < 1.29 is 32.9 Å². The summed E-state index contributed by atoms with van der Waals surface area (Å²) >= 11 is 0. The van der Waals surface area contributed by atoms with Gasteiger partial charge in [-0.2, -0.15) is 0 Å². The van der Waals surface area contributed by atoms with E-state index in [0.29, 0.717) is 23.9 Å². The highest BCUT2D eigenvalue weighted by molar-refractivity contribution is 7.45. The average molecular weight is 1240 g/mol. The van der Waals surface area contributed by atoms with Gasteiger partial charge in [-0.25, -0.2) is 0 Å². The van der Waals surface area contributed by atoms with Crippen molar-refractivity contribution in [2.24, 2.45) is 0 Å². The minimum Gasteiger partial charge on any atom is -0.756 e. The number of hydrogen-bond acceptors (Lipinski definition) is 6. The van der Waals surface area contributed by atoms with Crippen LogP contribution in [0.15, 0.2) is 72.9 Å². The van der Waals surface area contributed by atoms with Crippen molar-refractivity contribution in [3.8, 4) is 0 Å². The topological polar surface area (TPSA) is 108 Å². The van der Waals surface area contributed by atoms with E-state index in [1.165, 1.54) is 263 Å². The number of aliphatic hydroxyl groups excluding tert-OH is 1. The maximum absolute atomic E-state index is 13.1. The van der Waals surface area contributed by atoms with E-state index in [0.717, 1.165) is 77.0 Å². The summed E-state index contributed by atoms with van der Waals surface area (Å²) in [6, 6.07) is -0.802. The molecule has 510 valence electrons. The van der Waals surface area contributed by atoms with Gasteiger partial charge in [-0.15, -0.1) is 0 Å². The zero-order valence-electron chi connectivity index (χ0n) is 58.5. The fraction of sp³-hybridized carbons (Fsp3) is 0.833. The molecule has 0 spiro atoms. The standard InChI is InChI=1S/C78H147N2O6P/c1-6-8-10-12-14-16-18-20-22-24-26-28-30-32-33-34-35-36-37-38-39-40-41-42-43-44-45-46-47-48-50-52-54-56-58-60-62-64-66-68-70-72-78(82)79-76(75-86-87(83,84)85-74-73-80(3,4)5)77(81)71-69-67-65-63-61-59-57-55-53-51-49-31-29-27-25-23-21-19-17-15-13-11-9-7-2/h8,10,14,16,20,22,26,28,32-33,35-36,76-77,81H,6-7,9,11-13,15,17-19,21,23-25,27,29-31,34,37-75H2,1-5H3,(H-,79,82,83,84)/b10-8-,16-14-,22-20-,28-26-,33-32-,36-35-. The molecule has 0 aliphatic carbocycles. The van der Waals surface area contributed by atoms with Gasteiger partial charge in [-0.05, 0) is 64.2 Å². The van der Waals surface area contributed by atoms with E-state index in [4.69, 9.17) is 9.05 Å². The summed E-state index contributed by atoms with van der Waals surface area (Å²) in [6.07, 6.45) is 95.7. The lowest BCUT2D eigenvalue weighted by Crippen LogP contribution is -2.46. The number of carbonyl (C=O) groups is 1. The summed E-state index contributed by atoms with van der Waals surface area (Å²) in [5, 5.41) is 14.1. The maximum atomic E-state index is 13.1. The summed E-state index contributed by atoms with van der Waals surface area (Å²) in [5.74, 6) is -0.158. The number of likely N-dealkylation sites (N-methyl/N-ethyl adjacent to an activating group) is 1. The molecule has 0 saturated heterocycles. The highest BCUT2D eigenvalue weighted by Crippen LogP contribution is 2.38. The number of rotatable bonds is 70. The van der Waals surface area contributed by atoms with Gasteiger partial charge in [-0.1, -0.05) is 369 Å². The number of aliphatic hydroxyl groups is 1. The summed E-state index contributed by atoms with van der Waals surface area (Å²) in [6.45, 7) is 4.66. The Morgan fingerprint density at radius 1 is 0.414 bits per heavy atom. The van der Waals surface area contributed by atoms with Crippen LogP contribution in [0.25, 0.3) is 0 Å². The van der Waals surface area contributed by atoms with Crippen molar-refractivity contribution in [3.05, 3.63) is 72.9 Å². The number of nitrogens with zero attached hydrogens (tertiary/aromatic N) is 1. The number of carbonyl (C=O) groups excluding carboxylic acids is 1. The maximum Gasteiger partial charge on any atom is 0.268 e. The Morgan fingerprint density at radius 2 is 0.701 bits per heavy atom. The molecule has 0 aromatic rings. The van der Waals surface area contributed by atoms with Crippen molar-refractivity contribution in [3.63, 3.8) is 0 Å². The van der Waals surface area contributed by atoms with E-state index in [1.807, 2.05) is 21.1 Å². The van der Waals surface area contributed by atoms with E-state index in [-0.39, 0.29) is 19.1 Å². The Morgan fingerprint density at radius 3 is 1.02 bits per heavy atom. The third-order valence-corrected chi connectivity index (χ3v) is 18.2. The van der Waals surface area contributed by atoms with Crippen LogP contribution in [0.1, 0.15) is 367 Å². The zero-order chi connectivity index (χ0) is 63.4. The van der Waals surface area contributed by atoms with Crippen LogP contribution in [0.4, 0.5) is 0 Å². The molecular formula is C78H147N2O6P. The molecule has 0 radical (unpaired) electrons.